The van der Waals surface area contributed by atoms with Gasteiger partial charge in [-0.1, -0.05) is 60.7 Å². The highest BCUT2D eigenvalue weighted by Crippen LogP contribution is 2.13. The zero-order valence-electron chi connectivity index (χ0n) is 14.9. The van der Waals surface area contributed by atoms with Crippen molar-refractivity contribution in [3.05, 3.63) is 71.8 Å². The van der Waals surface area contributed by atoms with Crippen LogP contribution in [0.5, 0.6) is 0 Å². The highest BCUT2D eigenvalue weighted by Gasteiger charge is 2.25. The summed E-state index contributed by atoms with van der Waals surface area (Å²) in [5, 5.41) is 2.81. The molecule has 0 aliphatic heterocycles. The molecule has 0 aromatic heterocycles. The fraction of sp³-hybridized carbons (Fsp3) is 0.333. The van der Waals surface area contributed by atoms with E-state index in [2.05, 4.69) is 5.32 Å². The normalized spacial score (nSPS) is 11.6. The van der Waals surface area contributed by atoms with E-state index in [0.29, 0.717) is 25.9 Å². The van der Waals surface area contributed by atoms with E-state index in [-0.39, 0.29) is 11.8 Å². The summed E-state index contributed by atoms with van der Waals surface area (Å²) in [7, 11) is 0. The van der Waals surface area contributed by atoms with Crippen molar-refractivity contribution in [1.29, 1.82) is 0 Å². The zero-order valence-corrected chi connectivity index (χ0v) is 14.9. The van der Waals surface area contributed by atoms with Gasteiger partial charge in [-0.3, -0.25) is 9.59 Å². The number of carbonyl (C=O) groups excluding carboxylic acids is 2. The first-order valence-electron chi connectivity index (χ1n) is 8.76. The molecule has 2 aromatic carbocycles. The summed E-state index contributed by atoms with van der Waals surface area (Å²) in [4.78, 5) is 26.7. The van der Waals surface area contributed by atoms with Gasteiger partial charge >= 0.3 is 0 Å². The number of carbonyl (C=O) groups is 2. The number of likely N-dealkylation sites (N-methyl/N-ethyl adjacent to an activating group) is 1. The average molecular weight is 338 g/mol. The third-order valence-electron chi connectivity index (χ3n) is 4.18. The third-order valence-corrected chi connectivity index (χ3v) is 4.18. The van der Waals surface area contributed by atoms with E-state index < -0.39 is 6.04 Å². The van der Waals surface area contributed by atoms with Crippen LogP contribution in [-0.4, -0.2) is 29.3 Å². The molecule has 2 rings (SSSR count). The molecular weight excluding hydrogens is 312 g/mol. The summed E-state index contributed by atoms with van der Waals surface area (Å²) in [6.07, 6.45) is 1.06. The second-order valence-electron chi connectivity index (χ2n) is 6.06. The third kappa shape index (κ3) is 5.75. The van der Waals surface area contributed by atoms with Gasteiger partial charge in [0.1, 0.15) is 6.04 Å². The molecule has 1 N–H and O–H groups in total. The number of nitrogens with zero attached hydrogens (tertiary/aromatic N) is 1. The highest BCUT2D eigenvalue weighted by molar-refractivity contribution is 5.87. The maximum absolute atomic E-state index is 12.8. The molecule has 132 valence electrons. The van der Waals surface area contributed by atoms with E-state index in [4.69, 9.17) is 0 Å². The van der Waals surface area contributed by atoms with Crippen LogP contribution in [0, 0.1) is 0 Å². The van der Waals surface area contributed by atoms with Crippen molar-refractivity contribution in [2.75, 3.05) is 6.54 Å². The molecule has 2 amide bonds. The largest absolute Gasteiger partial charge is 0.355 e. The van der Waals surface area contributed by atoms with Gasteiger partial charge in [-0.15, -0.1) is 0 Å². The number of hydrogen-bond acceptors (Lipinski definition) is 2. The van der Waals surface area contributed by atoms with Crippen molar-refractivity contribution in [2.45, 2.75) is 39.3 Å². The highest BCUT2D eigenvalue weighted by atomic mass is 16.2. The van der Waals surface area contributed by atoms with Crippen molar-refractivity contribution in [3.63, 3.8) is 0 Å². The summed E-state index contributed by atoms with van der Waals surface area (Å²) < 4.78 is 0. The summed E-state index contributed by atoms with van der Waals surface area (Å²) >= 11 is 0. The zero-order chi connectivity index (χ0) is 18.1. The minimum Gasteiger partial charge on any atom is -0.355 e. The number of nitrogens with one attached hydrogen (secondary N) is 1. The van der Waals surface area contributed by atoms with Crippen molar-refractivity contribution >= 4 is 11.8 Å². The monoisotopic (exact) mass is 338 g/mol. The van der Waals surface area contributed by atoms with Gasteiger partial charge in [-0.25, -0.2) is 0 Å². The SMILES string of the molecule is CCNC(=O)[C@@H](C)N(Cc1ccccc1)C(=O)CCc1ccccc1. The van der Waals surface area contributed by atoms with Gasteiger partial charge in [0, 0.05) is 19.5 Å². The van der Waals surface area contributed by atoms with E-state index in [1.807, 2.05) is 67.6 Å². The molecule has 4 heteroatoms. The second kappa shape index (κ2) is 9.62. The van der Waals surface area contributed by atoms with Gasteiger partial charge in [-0.2, -0.15) is 0 Å². The topological polar surface area (TPSA) is 49.4 Å². The maximum Gasteiger partial charge on any atom is 0.242 e. The van der Waals surface area contributed by atoms with Crippen molar-refractivity contribution in [2.24, 2.45) is 0 Å². The molecule has 0 radical (unpaired) electrons. The van der Waals surface area contributed by atoms with Crippen LogP contribution in [0.15, 0.2) is 60.7 Å². The quantitative estimate of drug-likeness (QED) is 0.804. The molecule has 0 spiro atoms. The Morgan fingerprint density at radius 1 is 0.960 bits per heavy atom. The van der Waals surface area contributed by atoms with Crippen molar-refractivity contribution in [3.8, 4) is 0 Å². The first-order valence-corrected chi connectivity index (χ1v) is 8.76. The smallest absolute Gasteiger partial charge is 0.242 e. The van der Waals surface area contributed by atoms with E-state index in [1.165, 1.54) is 0 Å². The standard InChI is InChI=1S/C21H26N2O2/c1-3-22-21(25)17(2)23(16-19-12-8-5-9-13-19)20(24)15-14-18-10-6-4-7-11-18/h4-13,17H,3,14-16H2,1-2H3,(H,22,25)/t17-/m1/s1. The molecular formula is C21H26N2O2. The number of aryl methyl sites for hydroxylation is 1. The van der Waals surface area contributed by atoms with Crippen LogP contribution in [0.1, 0.15) is 31.4 Å². The Labute approximate surface area is 149 Å². The van der Waals surface area contributed by atoms with Crippen molar-refractivity contribution < 1.29 is 9.59 Å². The Hall–Kier alpha value is -2.62. The predicted octanol–water partition coefficient (Wildman–Crippen LogP) is 3.17. The molecule has 0 aliphatic carbocycles. The van der Waals surface area contributed by atoms with Crippen LogP contribution < -0.4 is 5.32 Å². The van der Waals surface area contributed by atoms with Gasteiger partial charge in [0.15, 0.2) is 0 Å². The van der Waals surface area contributed by atoms with Crippen molar-refractivity contribution in [1.82, 2.24) is 10.2 Å². The number of hydrogen-bond donors (Lipinski definition) is 1. The predicted molar refractivity (Wildman–Crippen MR) is 99.9 cm³/mol. The van der Waals surface area contributed by atoms with Crippen LogP contribution in [0.3, 0.4) is 0 Å². The fourth-order valence-corrected chi connectivity index (χ4v) is 2.72. The minimum atomic E-state index is -0.497. The first-order chi connectivity index (χ1) is 12.1. The summed E-state index contributed by atoms with van der Waals surface area (Å²) in [6.45, 7) is 4.66. The lowest BCUT2D eigenvalue weighted by Crippen LogP contribution is -2.47. The summed E-state index contributed by atoms with van der Waals surface area (Å²) in [6, 6.07) is 19.2. The Morgan fingerprint density at radius 2 is 1.52 bits per heavy atom. The Bertz CT molecular complexity index is 671. The molecule has 0 fully saturated rings. The summed E-state index contributed by atoms with van der Waals surface area (Å²) in [5.41, 5.74) is 2.15. The molecule has 0 heterocycles. The molecule has 0 aliphatic rings. The van der Waals surface area contributed by atoms with Crippen LogP contribution in [0.4, 0.5) is 0 Å². The van der Waals surface area contributed by atoms with Crippen LogP contribution in [-0.2, 0) is 22.6 Å². The molecule has 25 heavy (non-hydrogen) atoms. The van der Waals surface area contributed by atoms with E-state index in [1.54, 1.807) is 11.8 Å². The van der Waals surface area contributed by atoms with Crippen LogP contribution >= 0.6 is 0 Å². The van der Waals surface area contributed by atoms with E-state index >= 15 is 0 Å². The van der Waals surface area contributed by atoms with E-state index in [9.17, 15) is 9.59 Å². The van der Waals surface area contributed by atoms with Crippen LogP contribution in [0.2, 0.25) is 0 Å². The molecule has 1 atom stereocenters. The Balaban J connectivity index is 2.09. The van der Waals surface area contributed by atoms with E-state index in [0.717, 1.165) is 11.1 Å². The van der Waals surface area contributed by atoms with Crippen LogP contribution in [0.25, 0.3) is 0 Å². The molecule has 0 unspecified atom stereocenters. The molecule has 0 bridgehead atoms. The lowest BCUT2D eigenvalue weighted by Gasteiger charge is -2.28. The van der Waals surface area contributed by atoms with Gasteiger partial charge in [-0.05, 0) is 31.4 Å². The average Bonchev–Trinajstić information content (AvgIpc) is 2.65. The maximum atomic E-state index is 12.8. The summed E-state index contributed by atoms with van der Waals surface area (Å²) in [5.74, 6) is -0.127. The molecule has 0 saturated heterocycles. The van der Waals surface area contributed by atoms with Gasteiger partial charge in [0.2, 0.25) is 11.8 Å². The molecule has 2 aromatic rings. The lowest BCUT2D eigenvalue weighted by molar-refractivity contribution is -0.140. The first kappa shape index (κ1) is 18.7. The molecule has 4 nitrogen and oxygen atoms in total. The number of rotatable bonds is 8. The van der Waals surface area contributed by atoms with Gasteiger partial charge < -0.3 is 10.2 Å². The Morgan fingerprint density at radius 3 is 2.08 bits per heavy atom. The lowest BCUT2D eigenvalue weighted by atomic mass is 10.1. The molecule has 0 saturated carbocycles. The number of amides is 2. The van der Waals surface area contributed by atoms with Gasteiger partial charge in [0.25, 0.3) is 0 Å². The number of benzene rings is 2. The second-order valence-corrected chi connectivity index (χ2v) is 6.06. The minimum absolute atomic E-state index is 0.00791. The van der Waals surface area contributed by atoms with Gasteiger partial charge in [0.05, 0.1) is 0 Å². The fourth-order valence-electron chi connectivity index (χ4n) is 2.72. The Kier molecular flexibility index (Phi) is 7.20.